The predicted octanol–water partition coefficient (Wildman–Crippen LogP) is 3.67. The zero-order valence-electron chi connectivity index (χ0n) is 17.1. The Morgan fingerprint density at radius 3 is 2.20 bits per heavy atom. The number of nitrogens with one attached hydrogen (secondary N) is 1. The minimum absolute atomic E-state index is 0.117. The molecule has 0 aliphatic rings. The van der Waals surface area contributed by atoms with Crippen molar-refractivity contribution in [2.75, 3.05) is 16.7 Å². The number of aryl methyl sites for hydroxylation is 2. The number of hydrogen-bond acceptors (Lipinski definition) is 6. The van der Waals surface area contributed by atoms with E-state index in [1.54, 1.807) is 49.4 Å². The fourth-order valence-electron chi connectivity index (χ4n) is 2.79. The van der Waals surface area contributed by atoms with Crippen LogP contribution in [0, 0.1) is 13.8 Å². The van der Waals surface area contributed by atoms with E-state index in [1.807, 2.05) is 6.92 Å². The molecule has 3 rings (SSSR count). The fraction of sp³-hybridized carbons (Fsp3) is 0.190. The lowest BCUT2D eigenvalue weighted by Crippen LogP contribution is -2.26. The van der Waals surface area contributed by atoms with Gasteiger partial charge in [0.15, 0.2) is 0 Å². The van der Waals surface area contributed by atoms with Crippen molar-refractivity contribution in [3.63, 3.8) is 0 Å². The van der Waals surface area contributed by atoms with Gasteiger partial charge in [-0.25, -0.2) is 13.4 Å². The number of nitrogens with zero attached hydrogens (tertiary/aromatic N) is 3. The van der Waals surface area contributed by atoms with E-state index in [1.165, 1.54) is 30.4 Å². The number of aromatic nitrogens is 2. The largest absolute Gasteiger partial charge is 0.439 e. The summed E-state index contributed by atoms with van der Waals surface area (Å²) in [5.74, 6) is 1.34. The minimum atomic E-state index is -3.76. The zero-order chi connectivity index (χ0) is 21.9. The monoisotopic (exact) mass is 426 g/mol. The van der Waals surface area contributed by atoms with E-state index in [4.69, 9.17) is 4.74 Å². The molecule has 0 saturated heterocycles. The molecule has 1 aromatic heterocycles. The van der Waals surface area contributed by atoms with Gasteiger partial charge in [-0.2, -0.15) is 4.98 Å². The summed E-state index contributed by atoms with van der Waals surface area (Å²) in [5.41, 5.74) is 1.80. The van der Waals surface area contributed by atoms with Crippen LogP contribution in [0.1, 0.15) is 18.4 Å². The van der Waals surface area contributed by atoms with Gasteiger partial charge in [-0.15, -0.1) is 0 Å². The Kier molecular flexibility index (Phi) is 6.02. The van der Waals surface area contributed by atoms with E-state index in [2.05, 4.69) is 15.3 Å². The van der Waals surface area contributed by atoms with Gasteiger partial charge in [-0.05, 0) is 62.4 Å². The number of anilines is 2. The van der Waals surface area contributed by atoms with Crippen LogP contribution in [-0.2, 0) is 14.8 Å². The standard InChI is InChI=1S/C21H22N4O4S/c1-14-13-21(23-15(2)22-14)29-19-9-7-18(8-10-19)25(4)30(27,28)20-11-5-17(6-12-20)24-16(3)26/h5-13H,1-4H3,(H,24,26). The Balaban J connectivity index is 1.77. The molecule has 0 fully saturated rings. The fourth-order valence-corrected chi connectivity index (χ4v) is 3.99. The van der Waals surface area contributed by atoms with Gasteiger partial charge in [-0.3, -0.25) is 9.10 Å². The summed E-state index contributed by atoms with van der Waals surface area (Å²) in [7, 11) is -2.28. The van der Waals surface area contributed by atoms with Crippen LogP contribution in [0.4, 0.5) is 11.4 Å². The molecule has 0 spiro atoms. The highest BCUT2D eigenvalue weighted by Gasteiger charge is 2.21. The summed E-state index contributed by atoms with van der Waals surface area (Å²) in [6.07, 6.45) is 0. The Labute approximate surface area is 175 Å². The normalized spacial score (nSPS) is 11.1. The number of ether oxygens (including phenoxy) is 1. The van der Waals surface area contributed by atoms with E-state index in [9.17, 15) is 13.2 Å². The lowest BCUT2D eigenvalue weighted by molar-refractivity contribution is -0.114. The van der Waals surface area contributed by atoms with Gasteiger partial charge in [-0.1, -0.05) is 0 Å². The SMILES string of the molecule is CC(=O)Nc1ccc(S(=O)(=O)N(C)c2ccc(Oc3cc(C)nc(C)n3)cc2)cc1. The van der Waals surface area contributed by atoms with E-state index in [0.29, 0.717) is 28.8 Å². The maximum atomic E-state index is 12.9. The highest BCUT2D eigenvalue weighted by molar-refractivity contribution is 7.92. The predicted molar refractivity (Wildman–Crippen MR) is 114 cm³/mol. The zero-order valence-corrected chi connectivity index (χ0v) is 17.9. The summed E-state index contributed by atoms with van der Waals surface area (Å²) >= 11 is 0. The molecule has 1 N–H and O–H groups in total. The Morgan fingerprint density at radius 2 is 1.63 bits per heavy atom. The Hall–Kier alpha value is -3.46. The average molecular weight is 426 g/mol. The van der Waals surface area contributed by atoms with E-state index in [0.717, 1.165) is 5.69 Å². The van der Waals surface area contributed by atoms with Crippen LogP contribution in [-0.4, -0.2) is 31.3 Å². The van der Waals surface area contributed by atoms with Crippen LogP contribution in [0.2, 0.25) is 0 Å². The van der Waals surface area contributed by atoms with Gasteiger partial charge < -0.3 is 10.1 Å². The van der Waals surface area contributed by atoms with Crippen molar-refractivity contribution in [1.82, 2.24) is 9.97 Å². The third-order valence-electron chi connectivity index (χ3n) is 4.20. The third kappa shape index (κ3) is 4.93. The molecular formula is C21H22N4O4S. The van der Waals surface area contributed by atoms with Crippen molar-refractivity contribution in [2.24, 2.45) is 0 Å². The topological polar surface area (TPSA) is 101 Å². The number of rotatable bonds is 6. The second kappa shape index (κ2) is 8.50. The number of carbonyl (C=O) groups excluding carboxylic acids is 1. The molecule has 0 saturated carbocycles. The van der Waals surface area contributed by atoms with Gasteiger partial charge in [0.1, 0.15) is 11.6 Å². The first-order valence-corrected chi connectivity index (χ1v) is 10.6. The van der Waals surface area contributed by atoms with Crippen molar-refractivity contribution < 1.29 is 17.9 Å². The first kappa shape index (κ1) is 21.3. The van der Waals surface area contributed by atoms with Crippen molar-refractivity contribution in [1.29, 1.82) is 0 Å². The molecule has 1 amide bonds. The summed E-state index contributed by atoms with van der Waals surface area (Å²) in [6, 6.07) is 14.4. The van der Waals surface area contributed by atoms with Gasteiger partial charge in [0.2, 0.25) is 11.8 Å². The molecule has 2 aromatic carbocycles. The number of amides is 1. The van der Waals surface area contributed by atoms with Crippen LogP contribution in [0.3, 0.4) is 0 Å². The molecule has 30 heavy (non-hydrogen) atoms. The van der Waals surface area contributed by atoms with Crippen molar-refractivity contribution in [2.45, 2.75) is 25.7 Å². The molecule has 156 valence electrons. The molecule has 0 bridgehead atoms. The van der Waals surface area contributed by atoms with Crippen molar-refractivity contribution in [3.8, 4) is 11.6 Å². The van der Waals surface area contributed by atoms with E-state index >= 15 is 0 Å². The van der Waals surface area contributed by atoms with Gasteiger partial charge in [0.25, 0.3) is 10.0 Å². The van der Waals surface area contributed by atoms with Crippen LogP contribution >= 0.6 is 0 Å². The quantitative estimate of drug-likeness (QED) is 0.645. The lowest BCUT2D eigenvalue weighted by atomic mass is 10.3. The highest BCUT2D eigenvalue weighted by atomic mass is 32.2. The molecular weight excluding hydrogens is 404 g/mol. The Morgan fingerprint density at radius 1 is 1.00 bits per heavy atom. The van der Waals surface area contributed by atoms with Gasteiger partial charge in [0.05, 0.1) is 10.6 Å². The maximum Gasteiger partial charge on any atom is 0.264 e. The van der Waals surface area contributed by atoms with E-state index < -0.39 is 10.0 Å². The molecule has 0 atom stereocenters. The summed E-state index contributed by atoms with van der Waals surface area (Å²) < 4.78 is 32.7. The highest BCUT2D eigenvalue weighted by Crippen LogP contribution is 2.27. The number of hydrogen-bond donors (Lipinski definition) is 1. The number of benzene rings is 2. The molecule has 0 aliphatic heterocycles. The molecule has 3 aromatic rings. The molecule has 0 unspecified atom stereocenters. The van der Waals surface area contributed by atoms with Crippen LogP contribution in [0.25, 0.3) is 0 Å². The number of carbonyl (C=O) groups is 1. The van der Waals surface area contributed by atoms with Gasteiger partial charge >= 0.3 is 0 Å². The van der Waals surface area contributed by atoms with Crippen LogP contribution in [0.15, 0.2) is 59.5 Å². The number of sulfonamides is 1. The molecule has 1 heterocycles. The molecule has 9 heteroatoms. The smallest absolute Gasteiger partial charge is 0.264 e. The third-order valence-corrected chi connectivity index (χ3v) is 6.00. The van der Waals surface area contributed by atoms with Crippen LogP contribution < -0.4 is 14.4 Å². The lowest BCUT2D eigenvalue weighted by Gasteiger charge is -2.20. The van der Waals surface area contributed by atoms with Crippen LogP contribution in [0.5, 0.6) is 11.6 Å². The van der Waals surface area contributed by atoms with Crippen molar-refractivity contribution in [3.05, 3.63) is 66.1 Å². The Bertz CT molecular complexity index is 1140. The average Bonchev–Trinajstić information content (AvgIpc) is 2.67. The second-order valence-corrected chi connectivity index (χ2v) is 8.64. The molecule has 0 aliphatic carbocycles. The first-order chi connectivity index (χ1) is 14.1. The van der Waals surface area contributed by atoms with Gasteiger partial charge in [0, 0.05) is 31.4 Å². The summed E-state index contributed by atoms with van der Waals surface area (Å²) in [4.78, 5) is 19.7. The maximum absolute atomic E-state index is 12.9. The van der Waals surface area contributed by atoms with E-state index in [-0.39, 0.29) is 10.8 Å². The first-order valence-electron chi connectivity index (χ1n) is 9.12. The second-order valence-electron chi connectivity index (χ2n) is 6.67. The molecule has 0 radical (unpaired) electrons. The summed E-state index contributed by atoms with van der Waals surface area (Å²) in [5, 5.41) is 2.61. The molecule has 8 nitrogen and oxygen atoms in total. The summed E-state index contributed by atoms with van der Waals surface area (Å²) in [6.45, 7) is 5.03. The minimum Gasteiger partial charge on any atom is -0.439 e. The van der Waals surface area contributed by atoms with Crippen molar-refractivity contribution >= 4 is 27.3 Å².